The van der Waals surface area contributed by atoms with Gasteiger partial charge < -0.3 is 104 Å². The molecule has 0 bridgehead atoms. The van der Waals surface area contributed by atoms with E-state index in [-0.39, 0.29) is 24.7 Å². The van der Waals surface area contributed by atoms with Gasteiger partial charge in [0.05, 0.1) is 44.1 Å². The Morgan fingerprint density at radius 3 is 1.76 bits per heavy atom. The summed E-state index contributed by atoms with van der Waals surface area (Å²) in [5, 5.41) is 143. The molecule has 5 aliphatic carbocycles. The van der Waals surface area contributed by atoms with Crippen LogP contribution in [0.2, 0.25) is 0 Å². The van der Waals surface area contributed by atoms with Gasteiger partial charge in [-0.2, -0.15) is 0 Å². The van der Waals surface area contributed by atoms with E-state index in [0.29, 0.717) is 37.7 Å². The van der Waals surface area contributed by atoms with Crippen molar-refractivity contribution in [3.05, 3.63) is 23.3 Å². The predicted molar refractivity (Wildman–Crippen MR) is 269 cm³/mol. The first-order valence-electron chi connectivity index (χ1n) is 27.7. The van der Waals surface area contributed by atoms with Crippen molar-refractivity contribution in [3.8, 4) is 0 Å². The van der Waals surface area contributed by atoms with Crippen molar-refractivity contribution in [1.82, 2.24) is 0 Å². The van der Waals surface area contributed by atoms with Gasteiger partial charge in [-0.25, -0.2) is 9.59 Å². The minimum atomic E-state index is -2.18. The summed E-state index contributed by atoms with van der Waals surface area (Å²) in [5.41, 5.74) is -3.78. The van der Waals surface area contributed by atoms with E-state index in [1.165, 1.54) is 6.92 Å². The molecule has 3 aliphatic heterocycles. The van der Waals surface area contributed by atoms with E-state index in [9.17, 15) is 80.8 Å². The number of allylic oxidation sites excluding steroid dienone is 3. The molecule has 24 heteroatoms. The second kappa shape index (κ2) is 22.6. The third-order valence-electron chi connectivity index (χ3n) is 21.1. The van der Waals surface area contributed by atoms with Gasteiger partial charge in [0.2, 0.25) is 0 Å². The highest BCUT2D eigenvalue weighted by atomic mass is 16.8. The van der Waals surface area contributed by atoms with Crippen molar-refractivity contribution < 1.29 is 119 Å². The first-order chi connectivity index (χ1) is 36.9. The molecule has 4 unspecified atom stereocenters. The van der Waals surface area contributed by atoms with E-state index in [4.69, 9.17) is 37.9 Å². The number of fused-ring (bicyclic) bond motifs is 7. The smallest absolute Gasteiger partial charge is 0.335 e. The van der Waals surface area contributed by atoms with E-state index >= 15 is 0 Å². The number of aliphatic hydroxyl groups is 12. The highest BCUT2D eigenvalue weighted by Crippen LogP contribution is 2.76. The zero-order valence-corrected chi connectivity index (χ0v) is 46.4. The van der Waals surface area contributed by atoms with Crippen molar-refractivity contribution in [2.75, 3.05) is 26.4 Å². The van der Waals surface area contributed by atoms with Gasteiger partial charge in [-0.3, -0.25) is 4.79 Å². The fourth-order valence-electron chi connectivity index (χ4n) is 16.2. The van der Waals surface area contributed by atoms with Crippen LogP contribution in [0, 0.1) is 50.2 Å². The molecule has 3 heterocycles. The molecule has 0 aromatic rings. The molecule has 0 amide bonds. The maximum absolute atomic E-state index is 13.4. The summed E-state index contributed by atoms with van der Waals surface area (Å²) in [5.74, 6) is -3.88. The molecule has 450 valence electrons. The Morgan fingerprint density at radius 1 is 0.658 bits per heavy atom. The van der Waals surface area contributed by atoms with E-state index < -0.39 is 199 Å². The fourth-order valence-corrected chi connectivity index (χ4v) is 16.2. The Labute approximate surface area is 459 Å². The number of esters is 2. The first kappa shape index (κ1) is 62.2. The van der Waals surface area contributed by atoms with Gasteiger partial charge in [-0.05, 0) is 92.8 Å². The van der Waals surface area contributed by atoms with Crippen LogP contribution in [-0.2, 0) is 52.3 Å². The summed E-state index contributed by atoms with van der Waals surface area (Å²) < 4.78 is 48.2. The number of aliphatic hydroxyl groups excluding tert-OH is 12. The van der Waals surface area contributed by atoms with Crippen molar-refractivity contribution >= 4 is 17.9 Å². The Bertz CT molecular complexity index is 2290. The molecule has 0 aromatic heterocycles. The molecular formula is C55H86O24. The summed E-state index contributed by atoms with van der Waals surface area (Å²) in [7, 11) is 0. The number of hydrogen-bond donors (Lipinski definition) is 13. The Kier molecular flexibility index (Phi) is 17.8. The summed E-state index contributed by atoms with van der Waals surface area (Å²) in [6.45, 7) is 14.1. The van der Waals surface area contributed by atoms with Gasteiger partial charge in [0.15, 0.2) is 25.0 Å². The zero-order valence-electron chi connectivity index (χ0n) is 46.4. The number of carbonyl (C=O) groups is 3. The number of carboxylic acid groups (broad SMARTS) is 1. The SMILES string of the molecule is C/C=C(\C)C(=O)O[C@H]1[C@H](OC(C)=O)[C@@]2(CO)C(CC1(C)C)C1=CCC3[C@@]4(C)CC[C@H](O[C@@H]5O[C@H](C(=O)O)[C@@H](O[C@@H]6O[C@H](CO)[C@@H](O)[C@H](O)[C@H]6O)[C@H](O)[C@H]5O[C@@H]5O[C@H](CO)[C@@H](O)[C@H](O)[C@H]5O)[C@](C)(CO)C4CC[C@@]3(C)C1(C)C[C@H]2O. The average molecular weight is 1130 g/mol. The van der Waals surface area contributed by atoms with Gasteiger partial charge in [0.25, 0.3) is 0 Å². The van der Waals surface area contributed by atoms with E-state index in [0.717, 1.165) is 5.57 Å². The second-order valence-electron chi connectivity index (χ2n) is 25.5. The van der Waals surface area contributed by atoms with Crippen molar-refractivity contribution in [1.29, 1.82) is 0 Å². The molecule has 4 saturated carbocycles. The monoisotopic (exact) mass is 1130 g/mol. The van der Waals surface area contributed by atoms with Crippen LogP contribution in [0.25, 0.3) is 0 Å². The van der Waals surface area contributed by atoms with Gasteiger partial charge in [-0.1, -0.05) is 59.3 Å². The highest BCUT2D eigenvalue weighted by Gasteiger charge is 2.74. The number of carbonyl (C=O) groups excluding carboxylic acids is 2. The third-order valence-corrected chi connectivity index (χ3v) is 21.1. The summed E-state index contributed by atoms with van der Waals surface area (Å²) in [6, 6.07) is 0. The predicted octanol–water partition coefficient (Wildman–Crippen LogP) is -1.32. The second-order valence-corrected chi connectivity index (χ2v) is 25.5. The summed E-state index contributed by atoms with van der Waals surface area (Å²) in [6.07, 6.45) is -26.5. The Balaban J connectivity index is 1.12. The molecule has 7 fully saturated rings. The van der Waals surface area contributed by atoms with Crippen LogP contribution in [0.5, 0.6) is 0 Å². The molecule has 0 radical (unpaired) electrons. The Hall–Kier alpha value is -2.83. The molecule has 8 rings (SSSR count). The molecule has 24 nitrogen and oxygen atoms in total. The van der Waals surface area contributed by atoms with Crippen LogP contribution in [-0.4, -0.2) is 227 Å². The lowest BCUT2D eigenvalue weighted by Gasteiger charge is -2.72. The lowest BCUT2D eigenvalue weighted by molar-refractivity contribution is -0.392. The van der Waals surface area contributed by atoms with Gasteiger partial charge in [0, 0.05) is 23.3 Å². The number of carboxylic acids is 1. The van der Waals surface area contributed by atoms with Gasteiger partial charge >= 0.3 is 17.9 Å². The molecule has 27 atom stereocenters. The lowest BCUT2D eigenvalue weighted by atomic mass is 9.33. The average Bonchev–Trinajstić information content (AvgIpc) is 3.25. The van der Waals surface area contributed by atoms with Crippen LogP contribution in [0.3, 0.4) is 0 Å². The molecule has 3 saturated heterocycles. The van der Waals surface area contributed by atoms with E-state index in [2.05, 4.69) is 26.8 Å². The first-order valence-corrected chi connectivity index (χ1v) is 27.7. The molecule has 79 heavy (non-hydrogen) atoms. The lowest BCUT2D eigenvalue weighted by Crippen LogP contribution is -2.72. The van der Waals surface area contributed by atoms with Crippen molar-refractivity contribution in [3.63, 3.8) is 0 Å². The van der Waals surface area contributed by atoms with Crippen LogP contribution >= 0.6 is 0 Å². The van der Waals surface area contributed by atoms with E-state index in [1.54, 1.807) is 19.9 Å². The number of ether oxygens (including phenoxy) is 8. The quantitative estimate of drug-likeness (QED) is 0.0415. The third kappa shape index (κ3) is 9.94. The van der Waals surface area contributed by atoms with Crippen LogP contribution < -0.4 is 0 Å². The molecule has 8 aliphatic rings. The molecular weight excluding hydrogens is 1040 g/mol. The molecule has 0 aromatic carbocycles. The van der Waals surface area contributed by atoms with Crippen LogP contribution in [0.4, 0.5) is 0 Å². The Morgan fingerprint density at radius 2 is 1.24 bits per heavy atom. The van der Waals surface area contributed by atoms with Crippen molar-refractivity contribution in [2.24, 2.45) is 50.2 Å². The minimum absolute atomic E-state index is 0.0849. The maximum atomic E-state index is 13.4. The maximum Gasteiger partial charge on any atom is 0.335 e. The fraction of sp³-hybridized carbons (Fsp3) is 0.873. The zero-order chi connectivity index (χ0) is 58.4. The summed E-state index contributed by atoms with van der Waals surface area (Å²) >= 11 is 0. The normalized spacial score (nSPS) is 50.6. The molecule has 13 N–H and O–H groups in total. The number of rotatable bonds is 14. The van der Waals surface area contributed by atoms with Crippen LogP contribution in [0.1, 0.15) is 107 Å². The minimum Gasteiger partial charge on any atom is -0.479 e. The largest absolute Gasteiger partial charge is 0.479 e. The van der Waals surface area contributed by atoms with E-state index in [1.807, 2.05) is 20.8 Å². The summed E-state index contributed by atoms with van der Waals surface area (Å²) in [4.78, 5) is 39.5. The van der Waals surface area contributed by atoms with Gasteiger partial charge in [0.1, 0.15) is 79.4 Å². The standard InChI is InChI=1S/C55H86O24/c1-10-23(2)46(71)79-43-44(72-24(3)60)55(22-59)26(17-50(43,4)5)25-11-12-30-51(6)15-14-32(52(7,21-58)29(51)13-16-53(30,8)54(25,9)18-31(55)61)75-49-41(77-48-38(67)36(65)34(63)28(20-57)74-48)39(68)40(42(78-49)45(69)70)76-47-37(66)35(64)33(62)27(19-56)73-47/h10-11,26-44,47-49,56-59,61-68H,12-22H2,1-9H3,(H,69,70)/b23-10+/t26?,27-,28-,29?,30?,31-,32+,33-,34-,35+,36+,37-,38-,39+,40+,41-,42+,43+,44+,47+,48+,49-,51+,52-,53-,54?,55+/m1/s1. The number of hydrogen-bond acceptors (Lipinski definition) is 23. The van der Waals surface area contributed by atoms with Crippen molar-refractivity contribution in [2.45, 2.75) is 224 Å². The molecule has 0 spiro atoms. The van der Waals surface area contributed by atoms with Crippen LogP contribution in [0.15, 0.2) is 23.3 Å². The topological polar surface area (TPSA) is 388 Å². The highest BCUT2D eigenvalue weighted by molar-refractivity contribution is 5.87. The number of aliphatic carboxylic acids is 1. The van der Waals surface area contributed by atoms with Gasteiger partial charge in [-0.15, -0.1) is 0 Å².